The molecular weight excluding hydrogens is 360 g/mol. The van der Waals surface area contributed by atoms with E-state index in [9.17, 15) is 9.59 Å². The van der Waals surface area contributed by atoms with Crippen molar-refractivity contribution in [2.45, 2.75) is 44.1 Å². The van der Waals surface area contributed by atoms with Gasteiger partial charge in [-0.15, -0.1) is 0 Å². The molecule has 0 saturated heterocycles. The van der Waals surface area contributed by atoms with Gasteiger partial charge in [-0.3, -0.25) is 14.2 Å². The summed E-state index contributed by atoms with van der Waals surface area (Å²) in [5.74, 6) is -0.123. The number of rotatable bonds is 4. The first kappa shape index (κ1) is 19.8. The normalized spacial score (nSPS) is 17.0. The number of nitrogens with one attached hydrogen (secondary N) is 2. The monoisotopic (exact) mass is 388 g/mol. The minimum Gasteiger partial charge on any atom is -0.350 e. The van der Waals surface area contributed by atoms with Crippen LogP contribution in [-0.4, -0.2) is 46.5 Å². The van der Waals surface area contributed by atoms with Gasteiger partial charge in [0.1, 0.15) is 0 Å². The van der Waals surface area contributed by atoms with Gasteiger partial charge in [0.15, 0.2) is 4.77 Å². The average molecular weight is 389 g/mol. The van der Waals surface area contributed by atoms with E-state index in [1.54, 1.807) is 25.2 Å². The van der Waals surface area contributed by atoms with Crippen LogP contribution < -0.4 is 10.9 Å². The molecule has 0 aliphatic heterocycles. The highest BCUT2D eigenvalue weighted by atomic mass is 32.1. The van der Waals surface area contributed by atoms with Gasteiger partial charge in [0, 0.05) is 24.7 Å². The maximum atomic E-state index is 12.8. The molecule has 3 rings (SSSR count). The molecule has 2 aromatic rings. The van der Waals surface area contributed by atoms with Crippen molar-refractivity contribution < 1.29 is 4.79 Å². The van der Waals surface area contributed by atoms with Gasteiger partial charge in [-0.2, -0.15) is 0 Å². The number of H-pyrrole nitrogens is 1. The van der Waals surface area contributed by atoms with Crippen LogP contribution in [0.5, 0.6) is 0 Å². The molecule has 1 aliphatic rings. The van der Waals surface area contributed by atoms with E-state index in [1.807, 2.05) is 0 Å². The fourth-order valence-corrected chi connectivity index (χ4v) is 4.16. The van der Waals surface area contributed by atoms with Crippen molar-refractivity contribution in [1.82, 2.24) is 19.8 Å². The number of aromatic nitrogens is 2. The van der Waals surface area contributed by atoms with Gasteiger partial charge < -0.3 is 15.2 Å². The number of amides is 1. The largest absolute Gasteiger partial charge is 0.350 e. The maximum Gasteiger partial charge on any atom is 0.261 e. The predicted molar refractivity (Wildman–Crippen MR) is 111 cm³/mol. The number of nitrogens with zero attached hydrogens (tertiary/aromatic N) is 2. The molecule has 1 aromatic heterocycles. The van der Waals surface area contributed by atoms with Crippen molar-refractivity contribution in [1.29, 1.82) is 0 Å². The molecule has 146 valence electrons. The number of hydrogen-bond acceptors (Lipinski definition) is 4. The third-order valence-corrected chi connectivity index (χ3v) is 6.30. The van der Waals surface area contributed by atoms with Crippen LogP contribution in [0, 0.1) is 4.77 Å². The van der Waals surface area contributed by atoms with Crippen LogP contribution in [0.15, 0.2) is 23.0 Å². The highest BCUT2D eigenvalue weighted by Gasteiger charge is 2.33. The number of benzene rings is 1. The summed E-state index contributed by atoms with van der Waals surface area (Å²) in [6.07, 6.45) is 7.13. The zero-order valence-corrected chi connectivity index (χ0v) is 17.1. The molecule has 7 heteroatoms. The van der Waals surface area contributed by atoms with Crippen LogP contribution in [0.25, 0.3) is 10.9 Å². The molecular formula is C20H28N4O2S. The van der Waals surface area contributed by atoms with E-state index >= 15 is 0 Å². The Bertz CT molecular complexity index is 953. The standard InChI is InChI=1S/C20H28N4O2S/c1-23(2)20(10-6-4-5-7-11-20)13-21-17(25)14-8-9-15-16(12-14)22-19(27)24(3)18(15)26/h8-9,12H,4-7,10-11,13H2,1-3H3,(H,21,25)(H,22,27). The second-order valence-electron chi connectivity index (χ2n) is 7.77. The quantitative estimate of drug-likeness (QED) is 0.624. The number of carbonyl (C=O) groups excluding carboxylic acids is 1. The van der Waals surface area contributed by atoms with Gasteiger partial charge in [0.25, 0.3) is 11.5 Å². The summed E-state index contributed by atoms with van der Waals surface area (Å²) >= 11 is 5.17. The lowest BCUT2D eigenvalue weighted by Gasteiger charge is -2.39. The van der Waals surface area contributed by atoms with E-state index in [4.69, 9.17) is 12.2 Å². The minimum atomic E-state index is -0.161. The molecule has 1 saturated carbocycles. The number of aromatic amines is 1. The van der Waals surface area contributed by atoms with Gasteiger partial charge in [-0.05, 0) is 57.4 Å². The molecule has 1 amide bonds. The van der Waals surface area contributed by atoms with Gasteiger partial charge in [-0.25, -0.2) is 0 Å². The molecule has 1 aliphatic carbocycles. The maximum absolute atomic E-state index is 12.8. The molecule has 2 N–H and O–H groups in total. The molecule has 0 radical (unpaired) electrons. The number of hydrogen-bond donors (Lipinski definition) is 2. The highest BCUT2D eigenvalue weighted by molar-refractivity contribution is 7.71. The first-order valence-electron chi connectivity index (χ1n) is 9.53. The molecule has 1 aromatic carbocycles. The fourth-order valence-electron chi connectivity index (χ4n) is 3.96. The Labute approximate surface area is 164 Å². The topological polar surface area (TPSA) is 70.1 Å². The van der Waals surface area contributed by atoms with Gasteiger partial charge in [0.2, 0.25) is 0 Å². The second kappa shape index (κ2) is 7.94. The number of likely N-dealkylation sites (N-methyl/N-ethyl adjacent to an activating group) is 1. The molecule has 27 heavy (non-hydrogen) atoms. The summed E-state index contributed by atoms with van der Waals surface area (Å²) in [5.41, 5.74) is 0.973. The Morgan fingerprint density at radius 1 is 1.26 bits per heavy atom. The zero-order chi connectivity index (χ0) is 19.6. The summed E-state index contributed by atoms with van der Waals surface area (Å²) in [4.78, 5) is 30.3. The lowest BCUT2D eigenvalue weighted by molar-refractivity contribution is 0.0869. The Balaban J connectivity index is 1.82. The van der Waals surface area contributed by atoms with E-state index < -0.39 is 0 Å². The first-order chi connectivity index (χ1) is 12.8. The molecule has 1 fully saturated rings. The number of fused-ring (bicyclic) bond motifs is 1. The Morgan fingerprint density at radius 2 is 1.93 bits per heavy atom. The summed E-state index contributed by atoms with van der Waals surface area (Å²) in [5, 5.41) is 3.64. The van der Waals surface area contributed by atoms with Crippen LogP contribution in [-0.2, 0) is 7.05 Å². The Hall–Kier alpha value is -1.99. The molecule has 6 nitrogen and oxygen atoms in total. The predicted octanol–water partition coefficient (Wildman–Crippen LogP) is 2.98. The van der Waals surface area contributed by atoms with Crippen LogP contribution in [0.1, 0.15) is 48.9 Å². The van der Waals surface area contributed by atoms with E-state index in [1.165, 1.54) is 30.3 Å². The van der Waals surface area contributed by atoms with Crippen LogP contribution in [0.3, 0.4) is 0 Å². The minimum absolute atomic E-state index is 0.0128. The lowest BCUT2D eigenvalue weighted by Crippen LogP contribution is -2.52. The summed E-state index contributed by atoms with van der Waals surface area (Å²) in [6, 6.07) is 5.09. The summed E-state index contributed by atoms with van der Waals surface area (Å²) in [6.45, 7) is 0.628. The van der Waals surface area contributed by atoms with E-state index in [0.29, 0.717) is 27.8 Å². The van der Waals surface area contributed by atoms with Crippen molar-refractivity contribution in [3.05, 3.63) is 38.9 Å². The van der Waals surface area contributed by atoms with Gasteiger partial charge >= 0.3 is 0 Å². The molecule has 0 bridgehead atoms. The fraction of sp³-hybridized carbons (Fsp3) is 0.550. The summed E-state index contributed by atoms with van der Waals surface area (Å²) in [7, 11) is 5.83. The Morgan fingerprint density at radius 3 is 2.56 bits per heavy atom. The third kappa shape index (κ3) is 3.99. The smallest absolute Gasteiger partial charge is 0.261 e. The Kier molecular flexibility index (Phi) is 5.81. The first-order valence-corrected chi connectivity index (χ1v) is 9.94. The molecule has 1 heterocycles. The zero-order valence-electron chi connectivity index (χ0n) is 16.3. The highest BCUT2D eigenvalue weighted by Crippen LogP contribution is 2.30. The van der Waals surface area contributed by atoms with Crippen molar-refractivity contribution in [2.24, 2.45) is 7.05 Å². The lowest BCUT2D eigenvalue weighted by atomic mass is 9.88. The molecule has 0 spiro atoms. The van der Waals surface area contributed by atoms with Crippen molar-refractivity contribution in [2.75, 3.05) is 20.6 Å². The van der Waals surface area contributed by atoms with Crippen LogP contribution in [0.2, 0.25) is 0 Å². The molecule has 0 unspecified atom stereocenters. The third-order valence-electron chi connectivity index (χ3n) is 5.92. The average Bonchev–Trinajstić information content (AvgIpc) is 2.90. The van der Waals surface area contributed by atoms with Crippen molar-refractivity contribution >= 4 is 29.0 Å². The van der Waals surface area contributed by atoms with E-state index in [0.717, 1.165) is 12.8 Å². The second-order valence-corrected chi connectivity index (χ2v) is 8.16. The van der Waals surface area contributed by atoms with Gasteiger partial charge in [-0.1, -0.05) is 25.7 Å². The summed E-state index contributed by atoms with van der Waals surface area (Å²) < 4.78 is 1.74. The SMILES string of the molecule is CN(C)C1(CNC(=O)c2ccc3c(=O)n(C)c(=S)[nH]c3c2)CCCCCC1. The van der Waals surface area contributed by atoms with Crippen molar-refractivity contribution in [3.63, 3.8) is 0 Å². The van der Waals surface area contributed by atoms with E-state index in [2.05, 4.69) is 29.3 Å². The van der Waals surface area contributed by atoms with Crippen LogP contribution in [0.4, 0.5) is 0 Å². The number of carbonyl (C=O) groups is 1. The molecule has 0 atom stereocenters. The van der Waals surface area contributed by atoms with E-state index in [-0.39, 0.29) is 17.0 Å². The van der Waals surface area contributed by atoms with Crippen molar-refractivity contribution in [3.8, 4) is 0 Å². The van der Waals surface area contributed by atoms with Crippen LogP contribution >= 0.6 is 12.2 Å². The van der Waals surface area contributed by atoms with Gasteiger partial charge in [0.05, 0.1) is 10.9 Å².